The fourth-order valence-electron chi connectivity index (χ4n) is 3.51. The molecule has 22 heavy (non-hydrogen) atoms. The number of fused-ring (bicyclic) bond motifs is 1. The van der Waals surface area contributed by atoms with E-state index in [1.54, 1.807) is 7.11 Å². The zero-order valence-corrected chi connectivity index (χ0v) is 14.0. The van der Waals surface area contributed by atoms with Gasteiger partial charge in [-0.05, 0) is 18.1 Å². The van der Waals surface area contributed by atoms with Crippen molar-refractivity contribution < 1.29 is 9.47 Å². The lowest BCUT2D eigenvalue weighted by atomic mass is 9.98. The van der Waals surface area contributed by atoms with Gasteiger partial charge < -0.3 is 9.47 Å². The van der Waals surface area contributed by atoms with Gasteiger partial charge in [-0.1, -0.05) is 29.8 Å². The summed E-state index contributed by atoms with van der Waals surface area (Å²) in [5.74, 6) is 0. The number of halogens is 1. The molecule has 2 aliphatic heterocycles. The molecule has 0 N–H and O–H groups in total. The summed E-state index contributed by atoms with van der Waals surface area (Å²) in [6.07, 6.45) is 1.46. The number of nitrogens with zero attached hydrogens (tertiary/aromatic N) is 2. The van der Waals surface area contributed by atoms with E-state index < -0.39 is 0 Å². The Kier molecular flexibility index (Phi) is 5.71. The predicted molar refractivity (Wildman–Crippen MR) is 88.3 cm³/mol. The Bertz CT molecular complexity index is 485. The highest BCUT2D eigenvalue weighted by molar-refractivity contribution is 6.31. The molecule has 1 aromatic rings. The number of hydrogen-bond acceptors (Lipinski definition) is 4. The largest absolute Gasteiger partial charge is 0.383 e. The normalized spacial score (nSPS) is 26.8. The van der Waals surface area contributed by atoms with Gasteiger partial charge in [0.25, 0.3) is 0 Å². The first kappa shape index (κ1) is 16.2. The van der Waals surface area contributed by atoms with E-state index in [1.807, 2.05) is 12.1 Å². The second-order valence-corrected chi connectivity index (χ2v) is 6.53. The van der Waals surface area contributed by atoms with E-state index in [4.69, 9.17) is 21.1 Å². The van der Waals surface area contributed by atoms with E-state index in [9.17, 15) is 0 Å². The van der Waals surface area contributed by atoms with Gasteiger partial charge in [-0.3, -0.25) is 9.80 Å². The van der Waals surface area contributed by atoms with E-state index in [0.29, 0.717) is 12.1 Å². The molecule has 0 saturated carbocycles. The number of ether oxygens (including phenoxy) is 2. The summed E-state index contributed by atoms with van der Waals surface area (Å²) >= 11 is 6.30. The van der Waals surface area contributed by atoms with Crippen LogP contribution < -0.4 is 0 Å². The highest BCUT2D eigenvalue weighted by atomic mass is 35.5. The molecule has 0 unspecified atom stereocenters. The van der Waals surface area contributed by atoms with Crippen LogP contribution in [-0.4, -0.2) is 68.4 Å². The molecule has 2 aliphatic rings. The number of rotatable bonds is 5. The molecular formula is C17H25ClN2O2. The van der Waals surface area contributed by atoms with Crippen LogP contribution in [0.4, 0.5) is 0 Å². The minimum atomic E-state index is 0.369. The zero-order valence-electron chi connectivity index (χ0n) is 13.2. The van der Waals surface area contributed by atoms with Crippen molar-refractivity contribution in [1.82, 2.24) is 9.80 Å². The van der Waals surface area contributed by atoms with Crippen LogP contribution in [0.3, 0.4) is 0 Å². The molecule has 122 valence electrons. The van der Waals surface area contributed by atoms with Crippen molar-refractivity contribution in [1.29, 1.82) is 0 Å². The molecular weight excluding hydrogens is 300 g/mol. The fraction of sp³-hybridized carbons (Fsp3) is 0.647. The SMILES string of the molecule is COCCN1CCO[C@@H]2CCN(Cc3ccccc3Cl)C[C@H]21. The lowest BCUT2D eigenvalue weighted by Crippen LogP contribution is -2.60. The van der Waals surface area contributed by atoms with Crippen LogP contribution in [0, 0.1) is 0 Å². The van der Waals surface area contributed by atoms with Gasteiger partial charge in [-0.2, -0.15) is 0 Å². The van der Waals surface area contributed by atoms with Gasteiger partial charge in [0.1, 0.15) is 0 Å². The molecule has 3 rings (SSSR count). The number of benzene rings is 1. The van der Waals surface area contributed by atoms with Crippen LogP contribution in [0.25, 0.3) is 0 Å². The van der Waals surface area contributed by atoms with Crippen LogP contribution in [0.5, 0.6) is 0 Å². The van der Waals surface area contributed by atoms with Crippen molar-refractivity contribution in [3.05, 3.63) is 34.9 Å². The minimum absolute atomic E-state index is 0.369. The van der Waals surface area contributed by atoms with Crippen LogP contribution in [0.1, 0.15) is 12.0 Å². The number of methoxy groups -OCH3 is 1. The highest BCUT2D eigenvalue weighted by Gasteiger charge is 2.36. The maximum Gasteiger partial charge on any atom is 0.0755 e. The van der Waals surface area contributed by atoms with Crippen molar-refractivity contribution >= 4 is 11.6 Å². The van der Waals surface area contributed by atoms with Crippen LogP contribution in [-0.2, 0) is 16.0 Å². The second-order valence-electron chi connectivity index (χ2n) is 6.12. The first-order chi connectivity index (χ1) is 10.8. The zero-order chi connectivity index (χ0) is 15.4. The molecule has 0 spiro atoms. The van der Waals surface area contributed by atoms with Crippen LogP contribution >= 0.6 is 11.6 Å². The third-order valence-corrected chi connectivity index (χ3v) is 5.09. The summed E-state index contributed by atoms with van der Waals surface area (Å²) in [5.41, 5.74) is 1.21. The maximum absolute atomic E-state index is 6.30. The first-order valence-corrected chi connectivity index (χ1v) is 8.46. The molecule has 4 nitrogen and oxygen atoms in total. The summed E-state index contributed by atoms with van der Waals surface area (Å²) in [6.45, 7) is 6.65. The van der Waals surface area contributed by atoms with Gasteiger partial charge in [0, 0.05) is 50.9 Å². The Morgan fingerprint density at radius 3 is 3.00 bits per heavy atom. The first-order valence-electron chi connectivity index (χ1n) is 8.08. The van der Waals surface area contributed by atoms with Gasteiger partial charge in [0.15, 0.2) is 0 Å². The Morgan fingerprint density at radius 2 is 2.18 bits per heavy atom. The number of hydrogen-bond donors (Lipinski definition) is 0. The van der Waals surface area contributed by atoms with Crippen LogP contribution in [0.15, 0.2) is 24.3 Å². The summed E-state index contributed by atoms with van der Waals surface area (Å²) in [4.78, 5) is 5.02. The van der Waals surface area contributed by atoms with Crippen molar-refractivity contribution in [2.75, 3.05) is 46.5 Å². The molecule has 0 bridgehead atoms. The minimum Gasteiger partial charge on any atom is -0.383 e. The van der Waals surface area contributed by atoms with E-state index in [0.717, 1.165) is 57.4 Å². The Balaban J connectivity index is 1.63. The smallest absolute Gasteiger partial charge is 0.0755 e. The molecule has 0 aliphatic carbocycles. The van der Waals surface area contributed by atoms with Crippen molar-refractivity contribution in [3.8, 4) is 0 Å². The molecule has 2 fully saturated rings. The van der Waals surface area contributed by atoms with Crippen LogP contribution in [0.2, 0.25) is 5.02 Å². The quantitative estimate of drug-likeness (QED) is 0.829. The van der Waals surface area contributed by atoms with Crippen molar-refractivity contribution in [2.24, 2.45) is 0 Å². The van der Waals surface area contributed by atoms with Crippen molar-refractivity contribution in [3.63, 3.8) is 0 Å². The third-order valence-electron chi connectivity index (χ3n) is 4.72. The Hall–Kier alpha value is -0.650. The van der Waals surface area contributed by atoms with Gasteiger partial charge >= 0.3 is 0 Å². The average molecular weight is 325 g/mol. The standard InChI is InChI=1S/C17H25ClN2O2/c1-21-10-8-20-9-11-22-17-6-7-19(13-16(17)20)12-14-4-2-3-5-15(14)18/h2-5,16-17H,6-13H2,1H3/t16-,17-/m1/s1. The number of piperidine rings is 1. The Morgan fingerprint density at radius 1 is 1.32 bits per heavy atom. The topological polar surface area (TPSA) is 24.9 Å². The molecule has 5 heteroatoms. The molecule has 2 saturated heterocycles. The van der Waals surface area contributed by atoms with Gasteiger partial charge in [-0.25, -0.2) is 0 Å². The van der Waals surface area contributed by atoms with Gasteiger partial charge in [-0.15, -0.1) is 0 Å². The monoisotopic (exact) mass is 324 g/mol. The highest BCUT2D eigenvalue weighted by Crippen LogP contribution is 2.25. The summed E-state index contributed by atoms with van der Waals surface area (Å²) in [5, 5.41) is 0.862. The molecule has 0 radical (unpaired) electrons. The average Bonchev–Trinajstić information content (AvgIpc) is 2.55. The van der Waals surface area contributed by atoms with E-state index in [1.165, 1.54) is 5.56 Å². The van der Waals surface area contributed by atoms with E-state index in [2.05, 4.69) is 21.9 Å². The van der Waals surface area contributed by atoms with Gasteiger partial charge in [0.05, 0.1) is 19.3 Å². The lowest BCUT2D eigenvalue weighted by molar-refractivity contribution is -0.107. The molecule has 2 heterocycles. The van der Waals surface area contributed by atoms with E-state index in [-0.39, 0.29) is 0 Å². The second kappa shape index (κ2) is 7.75. The molecule has 2 atom stereocenters. The third kappa shape index (κ3) is 3.81. The maximum atomic E-state index is 6.30. The molecule has 0 amide bonds. The number of likely N-dealkylation sites (tertiary alicyclic amines) is 1. The Labute approximate surface area is 137 Å². The van der Waals surface area contributed by atoms with E-state index >= 15 is 0 Å². The molecule has 0 aromatic heterocycles. The summed E-state index contributed by atoms with van der Waals surface area (Å²) in [7, 11) is 1.77. The summed E-state index contributed by atoms with van der Waals surface area (Å²) < 4.78 is 11.2. The van der Waals surface area contributed by atoms with Gasteiger partial charge in [0.2, 0.25) is 0 Å². The predicted octanol–water partition coefficient (Wildman–Crippen LogP) is 2.26. The summed E-state index contributed by atoms with van der Waals surface area (Å²) in [6, 6.07) is 8.61. The fourth-order valence-corrected chi connectivity index (χ4v) is 3.70. The molecule has 1 aromatic carbocycles. The van der Waals surface area contributed by atoms with Crippen molar-refractivity contribution in [2.45, 2.75) is 25.1 Å². The lowest BCUT2D eigenvalue weighted by Gasteiger charge is -2.47. The number of morpholine rings is 1.